The molecule has 220 valence electrons. The summed E-state index contributed by atoms with van der Waals surface area (Å²) in [4.78, 5) is 16.0. The molecule has 0 spiro atoms. The van der Waals surface area contributed by atoms with Crippen molar-refractivity contribution in [3.8, 4) is 5.75 Å². The molecule has 40 heavy (non-hydrogen) atoms. The van der Waals surface area contributed by atoms with E-state index in [-0.39, 0.29) is 54.8 Å². The standard InChI is InChI=1S/C29H34F6N2O3/c1-17-24-10-3-20(27(38)39)16-37(24)13-12-36(17)15-18-2-9-23-19(14-18)4-11-25(26(23)29(33,34)35)40-22-7-5-21(6-8-22)28(30,31)32/h2,4,9,11,14,17,20-22,24H,3,5-8,10,12-13,15-16H2,1H3,(H,38,39)/t17?,20-,21-,22+,24-/m1/s1. The summed E-state index contributed by atoms with van der Waals surface area (Å²) in [5, 5.41) is 9.81. The number of halogens is 6. The van der Waals surface area contributed by atoms with Crippen molar-refractivity contribution < 1.29 is 41.0 Å². The highest BCUT2D eigenvalue weighted by molar-refractivity contribution is 5.89. The summed E-state index contributed by atoms with van der Waals surface area (Å²) < 4.78 is 87.4. The van der Waals surface area contributed by atoms with Crippen LogP contribution in [0.1, 0.15) is 56.6 Å². The van der Waals surface area contributed by atoms with E-state index in [0.717, 1.165) is 25.1 Å². The number of ether oxygens (including phenoxy) is 1. The average molecular weight is 573 g/mol. The third-order valence-electron chi connectivity index (χ3n) is 9.04. The SMILES string of the molecule is CC1[C@H]2CC[C@@H](C(=O)O)CN2CCN1Cc1ccc2c(C(F)(F)F)c(O[C@H]3CC[C@@H](C(F)(F)F)CC3)ccc2c1. The molecule has 1 N–H and O–H groups in total. The Bertz CT molecular complexity index is 1220. The van der Waals surface area contributed by atoms with Gasteiger partial charge >= 0.3 is 18.3 Å². The van der Waals surface area contributed by atoms with Gasteiger partial charge in [0.1, 0.15) is 11.3 Å². The van der Waals surface area contributed by atoms with Crippen LogP contribution < -0.4 is 4.74 Å². The van der Waals surface area contributed by atoms with Gasteiger partial charge in [0.2, 0.25) is 0 Å². The number of piperidine rings is 1. The van der Waals surface area contributed by atoms with Crippen LogP contribution in [0, 0.1) is 11.8 Å². The molecule has 2 aliphatic heterocycles. The minimum Gasteiger partial charge on any atom is -0.490 e. The molecule has 5 nitrogen and oxygen atoms in total. The first kappa shape index (κ1) is 29.0. The van der Waals surface area contributed by atoms with Gasteiger partial charge in [-0.15, -0.1) is 0 Å². The van der Waals surface area contributed by atoms with E-state index in [1.807, 2.05) is 0 Å². The lowest BCUT2D eigenvalue weighted by Gasteiger charge is -2.49. The number of carboxylic acids is 1. The maximum atomic E-state index is 14.2. The summed E-state index contributed by atoms with van der Waals surface area (Å²) in [6, 6.07) is 8.19. The number of piperazine rings is 1. The van der Waals surface area contributed by atoms with Crippen molar-refractivity contribution in [2.45, 2.75) is 82.5 Å². The predicted octanol–water partition coefficient (Wildman–Crippen LogP) is 6.73. The Morgan fingerprint density at radius 2 is 1.70 bits per heavy atom. The first-order chi connectivity index (χ1) is 18.8. The number of hydrogen-bond donors (Lipinski definition) is 1. The molecule has 0 amide bonds. The van der Waals surface area contributed by atoms with Gasteiger partial charge in [-0.1, -0.05) is 18.2 Å². The number of rotatable bonds is 5. The van der Waals surface area contributed by atoms with Gasteiger partial charge in [-0.25, -0.2) is 0 Å². The highest BCUT2D eigenvalue weighted by atomic mass is 19.4. The van der Waals surface area contributed by atoms with Crippen molar-refractivity contribution in [2.24, 2.45) is 11.8 Å². The quantitative estimate of drug-likeness (QED) is 0.403. The van der Waals surface area contributed by atoms with Crippen LogP contribution in [-0.4, -0.2) is 64.9 Å². The number of fused-ring (bicyclic) bond motifs is 2. The van der Waals surface area contributed by atoms with E-state index in [1.54, 1.807) is 18.2 Å². The number of carboxylic acid groups (broad SMARTS) is 1. The Morgan fingerprint density at radius 3 is 2.35 bits per heavy atom. The third-order valence-corrected chi connectivity index (χ3v) is 9.04. The zero-order valence-corrected chi connectivity index (χ0v) is 22.3. The Kier molecular flexibility index (Phi) is 8.00. The molecule has 1 unspecified atom stereocenters. The molecule has 2 heterocycles. The lowest BCUT2D eigenvalue weighted by Crippen LogP contribution is -2.61. The van der Waals surface area contributed by atoms with Gasteiger partial charge in [0.05, 0.1) is 17.9 Å². The van der Waals surface area contributed by atoms with Crippen LogP contribution >= 0.6 is 0 Å². The molecular formula is C29H34F6N2O3. The topological polar surface area (TPSA) is 53.0 Å². The second kappa shape index (κ2) is 11.0. The fraction of sp³-hybridized carbons (Fsp3) is 0.621. The summed E-state index contributed by atoms with van der Waals surface area (Å²) in [6.07, 6.45) is -8.44. The van der Waals surface area contributed by atoms with E-state index in [1.165, 1.54) is 12.1 Å². The third kappa shape index (κ3) is 6.05. The molecule has 1 saturated carbocycles. The first-order valence-electron chi connectivity index (χ1n) is 13.9. The molecule has 2 aromatic carbocycles. The summed E-state index contributed by atoms with van der Waals surface area (Å²) >= 11 is 0. The molecule has 0 bridgehead atoms. The Hall–Kier alpha value is -2.53. The summed E-state index contributed by atoms with van der Waals surface area (Å²) in [6.45, 7) is 4.70. The molecular weight excluding hydrogens is 538 g/mol. The van der Waals surface area contributed by atoms with Gasteiger partial charge in [-0.2, -0.15) is 26.3 Å². The smallest absolute Gasteiger partial charge is 0.420 e. The maximum Gasteiger partial charge on any atom is 0.420 e. The molecule has 2 saturated heterocycles. The number of hydrogen-bond acceptors (Lipinski definition) is 4. The molecule has 3 fully saturated rings. The van der Waals surface area contributed by atoms with E-state index in [2.05, 4.69) is 16.7 Å². The second-order valence-electron chi connectivity index (χ2n) is 11.5. The van der Waals surface area contributed by atoms with Crippen LogP contribution in [0.2, 0.25) is 0 Å². The van der Waals surface area contributed by atoms with Crippen LogP contribution in [0.4, 0.5) is 26.3 Å². The maximum absolute atomic E-state index is 14.2. The zero-order valence-electron chi connectivity index (χ0n) is 22.3. The highest BCUT2D eigenvalue weighted by Gasteiger charge is 2.43. The number of nitrogens with zero attached hydrogens (tertiary/aromatic N) is 2. The van der Waals surface area contributed by atoms with Crippen molar-refractivity contribution >= 4 is 16.7 Å². The monoisotopic (exact) mass is 572 g/mol. The van der Waals surface area contributed by atoms with Crippen LogP contribution in [0.15, 0.2) is 30.3 Å². The summed E-state index contributed by atoms with van der Waals surface area (Å²) in [5.74, 6) is -2.88. The molecule has 3 aliphatic rings. The Morgan fingerprint density at radius 1 is 0.975 bits per heavy atom. The van der Waals surface area contributed by atoms with Crippen LogP contribution in [0.3, 0.4) is 0 Å². The Balaban J connectivity index is 1.31. The lowest BCUT2D eigenvalue weighted by molar-refractivity contribution is -0.185. The predicted molar refractivity (Wildman–Crippen MR) is 137 cm³/mol. The van der Waals surface area contributed by atoms with Crippen LogP contribution in [-0.2, 0) is 17.5 Å². The van der Waals surface area contributed by atoms with Gasteiger partial charge in [-0.3, -0.25) is 14.6 Å². The molecule has 1 aliphatic carbocycles. The van der Waals surface area contributed by atoms with E-state index in [4.69, 9.17) is 4.74 Å². The second-order valence-corrected chi connectivity index (χ2v) is 11.5. The highest BCUT2D eigenvalue weighted by Crippen LogP contribution is 2.44. The van der Waals surface area contributed by atoms with Gasteiger partial charge in [0, 0.05) is 38.3 Å². The number of alkyl halides is 6. The molecule has 0 aromatic heterocycles. The fourth-order valence-electron chi connectivity index (χ4n) is 6.77. The molecule has 0 radical (unpaired) electrons. The van der Waals surface area contributed by atoms with Gasteiger partial charge < -0.3 is 9.84 Å². The van der Waals surface area contributed by atoms with Crippen molar-refractivity contribution in [3.05, 3.63) is 41.5 Å². The molecule has 11 heteroatoms. The molecule has 3 atom stereocenters. The fourth-order valence-corrected chi connectivity index (χ4v) is 6.77. The van der Waals surface area contributed by atoms with E-state index < -0.39 is 35.9 Å². The van der Waals surface area contributed by atoms with E-state index in [9.17, 15) is 36.2 Å². The van der Waals surface area contributed by atoms with Gasteiger partial charge in [-0.05, 0) is 73.9 Å². The Labute approximate surface area is 229 Å². The summed E-state index contributed by atoms with van der Waals surface area (Å²) in [7, 11) is 0. The molecule has 2 aromatic rings. The number of benzene rings is 2. The van der Waals surface area contributed by atoms with Crippen molar-refractivity contribution in [1.29, 1.82) is 0 Å². The minimum absolute atomic E-state index is 0.00240. The van der Waals surface area contributed by atoms with Gasteiger partial charge in [0.15, 0.2) is 0 Å². The lowest BCUT2D eigenvalue weighted by atomic mass is 9.87. The van der Waals surface area contributed by atoms with Crippen LogP contribution in [0.5, 0.6) is 5.75 Å². The van der Waals surface area contributed by atoms with E-state index >= 15 is 0 Å². The number of aliphatic carboxylic acids is 1. The van der Waals surface area contributed by atoms with Crippen molar-refractivity contribution in [1.82, 2.24) is 9.80 Å². The zero-order chi connectivity index (χ0) is 28.8. The number of carbonyl (C=O) groups is 1. The van der Waals surface area contributed by atoms with Crippen molar-refractivity contribution in [2.75, 3.05) is 19.6 Å². The first-order valence-corrected chi connectivity index (χ1v) is 13.9. The van der Waals surface area contributed by atoms with Crippen LogP contribution in [0.25, 0.3) is 10.8 Å². The molecule has 5 rings (SSSR count). The van der Waals surface area contributed by atoms with Crippen molar-refractivity contribution in [3.63, 3.8) is 0 Å². The largest absolute Gasteiger partial charge is 0.490 e. The normalized spacial score (nSPS) is 28.8. The van der Waals surface area contributed by atoms with E-state index in [0.29, 0.717) is 24.9 Å². The van der Waals surface area contributed by atoms with Gasteiger partial charge in [0.25, 0.3) is 0 Å². The average Bonchev–Trinajstić information content (AvgIpc) is 2.89. The summed E-state index contributed by atoms with van der Waals surface area (Å²) in [5.41, 5.74) is -0.0223. The minimum atomic E-state index is -4.70.